The van der Waals surface area contributed by atoms with Crippen molar-refractivity contribution in [3.8, 4) is 17.6 Å². The molecule has 3 rings (SSSR count). The molecule has 0 unspecified atom stereocenters. The summed E-state index contributed by atoms with van der Waals surface area (Å²) in [5.74, 6) is -0.554. The van der Waals surface area contributed by atoms with Gasteiger partial charge in [0.05, 0.1) is 0 Å². The minimum Gasteiger partial charge on any atom is -0.508 e. The van der Waals surface area contributed by atoms with E-state index in [-0.39, 0.29) is 23.7 Å². The summed E-state index contributed by atoms with van der Waals surface area (Å²) in [4.78, 5) is 12.5. The lowest BCUT2D eigenvalue weighted by molar-refractivity contribution is -0.112. The molecule has 5 nitrogen and oxygen atoms in total. The van der Waals surface area contributed by atoms with E-state index in [9.17, 15) is 19.6 Å². The number of phenols is 1. The van der Waals surface area contributed by atoms with Gasteiger partial charge >= 0.3 is 0 Å². The van der Waals surface area contributed by atoms with Gasteiger partial charge in [0.2, 0.25) is 0 Å². The van der Waals surface area contributed by atoms with Crippen molar-refractivity contribution in [2.75, 3.05) is 5.32 Å². The summed E-state index contributed by atoms with van der Waals surface area (Å²) in [6.07, 6.45) is 1.36. The van der Waals surface area contributed by atoms with Gasteiger partial charge in [0.25, 0.3) is 5.91 Å². The zero-order valence-electron chi connectivity index (χ0n) is 15.6. The molecule has 0 bridgehead atoms. The molecule has 150 valence electrons. The van der Waals surface area contributed by atoms with Crippen molar-refractivity contribution in [1.29, 1.82) is 5.26 Å². The van der Waals surface area contributed by atoms with Crippen LogP contribution in [0.15, 0.2) is 72.3 Å². The lowest BCUT2D eigenvalue weighted by atomic mass is 10.1. The Hall–Kier alpha value is -3.82. The zero-order chi connectivity index (χ0) is 21.5. The van der Waals surface area contributed by atoms with Gasteiger partial charge < -0.3 is 15.2 Å². The van der Waals surface area contributed by atoms with Crippen LogP contribution < -0.4 is 10.1 Å². The first-order valence-electron chi connectivity index (χ1n) is 8.83. The Morgan fingerprint density at radius 3 is 2.63 bits per heavy atom. The highest BCUT2D eigenvalue weighted by atomic mass is 35.5. The normalized spacial score (nSPS) is 10.9. The molecule has 3 aromatic carbocycles. The number of anilines is 1. The van der Waals surface area contributed by atoms with E-state index in [1.165, 1.54) is 42.5 Å². The summed E-state index contributed by atoms with van der Waals surface area (Å²) in [7, 11) is 0. The quantitative estimate of drug-likeness (QED) is 0.320. The molecule has 7 heteroatoms. The van der Waals surface area contributed by atoms with Crippen LogP contribution in [0, 0.1) is 17.1 Å². The smallest absolute Gasteiger partial charge is 0.266 e. The Labute approximate surface area is 177 Å². The number of carbonyl (C=O) groups excluding carboxylic acids is 1. The summed E-state index contributed by atoms with van der Waals surface area (Å²) < 4.78 is 19.1. The fourth-order valence-electron chi connectivity index (χ4n) is 2.60. The van der Waals surface area contributed by atoms with Crippen LogP contribution in [0.3, 0.4) is 0 Å². The molecule has 0 saturated heterocycles. The largest absolute Gasteiger partial charge is 0.508 e. The first-order valence-corrected chi connectivity index (χ1v) is 9.21. The van der Waals surface area contributed by atoms with Crippen molar-refractivity contribution in [2.24, 2.45) is 0 Å². The SMILES string of the molecule is N#C/C(=C\c1cc(Cl)ccc1OCc1cccc(F)c1)C(=O)Nc1ccc(O)cc1. The molecule has 0 fully saturated rings. The molecule has 1 amide bonds. The van der Waals surface area contributed by atoms with Crippen LogP contribution in [-0.4, -0.2) is 11.0 Å². The monoisotopic (exact) mass is 422 g/mol. The molecule has 0 spiro atoms. The Morgan fingerprint density at radius 1 is 1.17 bits per heavy atom. The Balaban J connectivity index is 1.82. The summed E-state index contributed by atoms with van der Waals surface area (Å²) >= 11 is 6.06. The second-order valence-electron chi connectivity index (χ2n) is 6.27. The van der Waals surface area contributed by atoms with E-state index < -0.39 is 5.91 Å². The number of carbonyl (C=O) groups is 1. The summed E-state index contributed by atoms with van der Waals surface area (Å²) in [6.45, 7) is 0.0990. The second kappa shape index (κ2) is 9.59. The topological polar surface area (TPSA) is 82.3 Å². The molecular formula is C23H16ClFN2O3. The van der Waals surface area contributed by atoms with Crippen LogP contribution >= 0.6 is 11.6 Å². The highest BCUT2D eigenvalue weighted by molar-refractivity contribution is 6.30. The van der Waals surface area contributed by atoms with E-state index in [1.54, 1.807) is 30.3 Å². The highest BCUT2D eigenvalue weighted by Gasteiger charge is 2.12. The van der Waals surface area contributed by atoms with Gasteiger partial charge in [0, 0.05) is 16.3 Å². The second-order valence-corrected chi connectivity index (χ2v) is 6.71. The molecule has 0 radical (unpaired) electrons. The third kappa shape index (κ3) is 5.60. The minimum atomic E-state index is -0.626. The first-order chi connectivity index (χ1) is 14.4. The molecule has 0 aliphatic rings. The van der Waals surface area contributed by atoms with Gasteiger partial charge in [-0.3, -0.25) is 4.79 Å². The molecule has 0 aliphatic carbocycles. The Bertz CT molecular complexity index is 1140. The fraction of sp³-hybridized carbons (Fsp3) is 0.0435. The third-order valence-corrected chi connectivity index (χ3v) is 4.28. The maximum atomic E-state index is 13.4. The van der Waals surface area contributed by atoms with Crippen molar-refractivity contribution in [3.63, 3.8) is 0 Å². The van der Waals surface area contributed by atoms with Crippen molar-refractivity contribution < 1.29 is 19.0 Å². The molecule has 2 N–H and O–H groups in total. The van der Waals surface area contributed by atoms with E-state index in [1.807, 2.05) is 6.07 Å². The third-order valence-electron chi connectivity index (χ3n) is 4.05. The van der Waals surface area contributed by atoms with Crippen LogP contribution in [0.4, 0.5) is 10.1 Å². The van der Waals surface area contributed by atoms with Crippen molar-refractivity contribution in [1.82, 2.24) is 0 Å². The van der Waals surface area contributed by atoms with E-state index in [2.05, 4.69) is 5.32 Å². The molecule has 0 saturated carbocycles. The number of nitrogens with zero attached hydrogens (tertiary/aromatic N) is 1. The number of hydrogen-bond donors (Lipinski definition) is 2. The molecule has 0 aromatic heterocycles. The van der Waals surface area contributed by atoms with E-state index in [4.69, 9.17) is 16.3 Å². The standard InChI is InChI=1S/C23H16ClFN2O3/c24-18-4-9-22(30-14-15-2-1-3-19(25)10-15)16(12-18)11-17(13-26)23(29)27-20-5-7-21(28)8-6-20/h1-12,28H,14H2,(H,27,29)/b17-11+. The fourth-order valence-corrected chi connectivity index (χ4v) is 2.78. The van der Waals surface area contributed by atoms with Crippen molar-refractivity contribution in [2.45, 2.75) is 6.61 Å². The first kappa shape index (κ1) is 20.9. The molecule has 0 aliphatic heterocycles. The summed E-state index contributed by atoms with van der Waals surface area (Å²) in [5, 5.41) is 21.7. The summed E-state index contributed by atoms with van der Waals surface area (Å²) in [6, 6.07) is 18.5. The van der Waals surface area contributed by atoms with Gasteiger partial charge in [-0.1, -0.05) is 23.7 Å². The van der Waals surface area contributed by atoms with Gasteiger partial charge in [0.1, 0.15) is 35.6 Å². The van der Waals surface area contributed by atoms with E-state index >= 15 is 0 Å². The molecule has 3 aromatic rings. The predicted octanol–water partition coefficient (Wildman–Crippen LogP) is 5.31. The maximum Gasteiger partial charge on any atom is 0.266 e. The lowest BCUT2D eigenvalue weighted by Gasteiger charge is -2.11. The maximum absolute atomic E-state index is 13.4. The number of benzene rings is 3. The van der Waals surface area contributed by atoms with Crippen LogP contribution in [0.2, 0.25) is 5.02 Å². The van der Waals surface area contributed by atoms with E-state index in [0.717, 1.165) is 0 Å². The number of aromatic hydroxyl groups is 1. The average molecular weight is 423 g/mol. The number of rotatable bonds is 6. The Morgan fingerprint density at radius 2 is 1.93 bits per heavy atom. The zero-order valence-corrected chi connectivity index (χ0v) is 16.4. The van der Waals surface area contributed by atoms with Crippen LogP contribution in [-0.2, 0) is 11.4 Å². The average Bonchev–Trinajstić information content (AvgIpc) is 2.73. The number of ether oxygens (including phenoxy) is 1. The minimum absolute atomic E-state index is 0.0584. The number of phenolic OH excluding ortho intramolecular Hbond substituents is 1. The van der Waals surface area contributed by atoms with Gasteiger partial charge in [-0.15, -0.1) is 0 Å². The van der Waals surface area contributed by atoms with E-state index in [0.29, 0.717) is 27.6 Å². The molecule has 0 heterocycles. The van der Waals surface area contributed by atoms with Crippen LogP contribution in [0.25, 0.3) is 6.08 Å². The van der Waals surface area contributed by atoms with Gasteiger partial charge in [0.15, 0.2) is 0 Å². The van der Waals surface area contributed by atoms with Gasteiger partial charge in [-0.05, 0) is 66.2 Å². The highest BCUT2D eigenvalue weighted by Crippen LogP contribution is 2.26. The number of amides is 1. The van der Waals surface area contributed by atoms with Gasteiger partial charge in [-0.25, -0.2) is 4.39 Å². The number of halogens is 2. The number of nitrogens with one attached hydrogen (secondary N) is 1. The van der Waals surface area contributed by atoms with Crippen molar-refractivity contribution in [3.05, 3.63) is 94.3 Å². The van der Waals surface area contributed by atoms with Crippen LogP contribution in [0.5, 0.6) is 11.5 Å². The van der Waals surface area contributed by atoms with Crippen LogP contribution in [0.1, 0.15) is 11.1 Å². The molecule has 0 atom stereocenters. The number of nitriles is 1. The summed E-state index contributed by atoms with van der Waals surface area (Å²) in [5.41, 5.74) is 1.32. The van der Waals surface area contributed by atoms with Crippen molar-refractivity contribution >= 4 is 29.3 Å². The lowest BCUT2D eigenvalue weighted by Crippen LogP contribution is -2.13. The molecular weight excluding hydrogens is 407 g/mol. The molecule has 30 heavy (non-hydrogen) atoms. The van der Waals surface area contributed by atoms with Gasteiger partial charge in [-0.2, -0.15) is 5.26 Å². The number of hydrogen-bond acceptors (Lipinski definition) is 4. The predicted molar refractivity (Wildman–Crippen MR) is 113 cm³/mol. The Kier molecular flexibility index (Phi) is 6.68.